The third-order valence-corrected chi connectivity index (χ3v) is 8.74. The molecule has 0 amide bonds. The van der Waals surface area contributed by atoms with Gasteiger partial charge in [0.2, 0.25) is 0 Å². The van der Waals surface area contributed by atoms with Crippen molar-refractivity contribution in [2.24, 2.45) is 11.3 Å². The van der Waals surface area contributed by atoms with E-state index in [2.05, 4.69) is 19.9 Å². The first kappa shape index (κ1) is 30.6. The van der Waals surface area contributed by atoms with Crippen LogP contribution in [0.25, 0.3) is 11.1 Å². The Labute approximate surface area is 244 Å². The van der Waals surface area contributed by atoms with E-state index in [0.29, 0.717) is 29.8 Å². The Kier molecular flexibility index (Phi) is 10.1. The fourth-order valence-electron chi connectivity index (χ4n) is 6.39. The van der Waals surface area contributed by atoms with Crippen molar-refractivity contribution in [3.05, 3.63) is 83.2 Å². The first-order valence-corrected chi connectivity index (χ1v) is 15.2. The van der Waals surface area contributed by atoms with Crippen LogP contribution in [-0.4, -0.2) is 18.2 Å². The summed E-state index contributed by atoms with van der Waals surface area (Å²) in [6.07, 6.45) is 6.92. The minimum atomic E-state index is -0.760. The maximum atomic E-state index is 15.1. The summed E-state index contributed by atoms with van der Waals surface area (Å²) in [6, 6.07) is 19.1. The van der Waals surface area contributed by atoms with Gasteiger partial charge in [-0.2, -0.15) is 0 Å². The summed E-state index contributed by atoms with van der Waals surface area (Å²) in [5.41, 5.74) is 4.82. The van der Waals surface area contributed by atoms with Crippen molar-refractivity contribution < 1.29 is 23.8 Å². The van der Waals surface area contributed by atoms with Gasteiger partial charge in [-0.05, 0) is 101 Å². The minimum Gasteiger partial charge on any atom is -0.497 e. The van der Waals surface area contributed by atoms with Crippen molar-refractivity contribution in [1.82, 2.24) is 0 Å². The van der Waals surface area contributed by atoms with E-state index in [0.717, 1.165) is 53.7 Å². The van der Waals surface area contributed by atoms with E-state index in [1.807, 2.05) is 50.2 Å². The molecule has 1 N–H and O–H groups in total. The second kappa shape index (κ2) is 13.5. The highest BCUT2D eigenvalue weighted by molar-refractivity contribution is 5.71. The van der Waals surface area contributed by atoms with Crippen LogP contribution in [0, 0.1) is 17.2 Å². The van der Waals surface area contributed by atoms with Crippen molar-refractivity contribution in [1.29, 1.82) is 0 Å². The number of hydrogen-bond donors (Lipinski definition) is 1. The van der Waals surface area contributed by atoms with Crippen LogP contribution in [0.2, 0.25) is 0 Å². The van der Waals surface area contributed by atoms with Gasteiger partial charge in [0, 0.05) is 5.56 Å². The fourth-order valence-corrected chi connectivity index (χ4v) is 6.39. The SMILES string of the molecule is CC.COc1ccc(F)c(-c2ccc(COc3cccc(C(CC(=O)O)C4CC4)c3)cc2[C@H]2CCCCC2(C)C)c1. The molecule has 5 heteroatoms. The minimum absolute atomic E-state index is 0.0308. The van der Waals surface area contributed by atoms with Crippen LogP contribution in [0.3, 0.4) is 0 Å². The Bertz CT molecular complexity index is 1330. The van der Waals surface area contributed by atoms with E-state index in [1.54, 1.807) is 19.2 Å². The molecule has 2 atom stereocenters. The highest BCUT2D eigenvalue weighted by Crippen LogP contribution is 2.50. The van der Waals surface area contributed by atoms with Gasteiger partial charge in [-0.15, -0.1) is 0 Å². The Morgan fingerprint density at radius 1 is 0.976 bits per heavy atom. The normalized spacial score (nSPS) is 18.5. The number of carbonyl (C=O) groups is 1. The summed E-state index contributed by atoms with van der Waals surface area (Å²) in [7, 11) is 1.60. The quantitative estimate of drug-likeness (QED) is 0.268. The molecule has 0 aliphatic heterocycles. The van der Waals surface area contributed by atoms with E-state index < -0.39 is 5.97 Å². The van der Waals surface area contributed by atoms with Crippen LogP contribution in [0.1, 0.15) is 101 Å². The number of aliphatic carboxylic acids is 1. The highest BCUT2D eigenvalue weighted by atomic mass is 19.1. The van der Waals surface area contributed by atoms with Gasteiger partial charge >= 0.3 is 5.97 Å². The van der Waals surface area contributed by atoms with Crippen molar-refractivity contribution >= 4 is 5.97 Å². The number of halogens is 1. The zero-order valence-corrected chi connectivity index (χ0v) is 25.2. The lowest BCUT2D eigenvalue weighted by atomic mass is 9.65. The zero-order chi connectivity index (χ0) is 29.6. The Hall–Kier alpha value is -3.34. The standard InChI is InChI=1S/C34H39FO4.C2H6/c1-34(2)16-5-4-9-31(34)29-17-22(10-14-27(29)30-19-25(38-3)13-15-32(30)35)21-39-26-8-6-7-24(18-26)28(20-33(36)37)23-11-12-23;1-2/h6-8,10,13-15,17-19,23,28,31H,4-5,9,11-12,16,20-21H2,1-3H3,(H,36,37);1-2H3/t28?,31-;/m1./s1. The molecule has 3 aromatic rings. The second-order valence-electron chi connectivity index (χ2n) is 12.0. The lowest BCUT2D eigenvalue weighted by molar-refractivity contribution is -0.137. The topological polar surface area (TPSA) is 55.8 Å². The van der Waals surface area contributed by atoms with Gasteiger partial charge in [-0.3, -0.25) is 4.79 Å². The molecule has 2 aliphatic rings. The average Bonchev–Trinajstić information content (AvgIpc) is 3.82. The molecular formula is C36H45FO4. The summed E-state index contributed by atoms with van der Waals surface area (Å²) in [5.74, 6) is 1.16. The monoisotopic (exact) mass is 560 g/mol. The Morgan fingerprint density at radius 3 is 2.44 bits per heavy atom. The van der Waals surface area contributed by atoms with Gasteiger partial charge in [0.1, 0.15) is 23.9 Å². The third kappa shape index (κ3) is 7.49. The molecule has 0 radical (unpaired) electrons. The van der Waals surface area contributed by atoms with Gasteiger partial charge in [0.15, 0.2) is 0 Å². The summed E-state index contributed by atoms with van der Waals surface area (Å²) in [4.78, 5) is 11.4. The third-order valence-electron chi connectivity index (χ3n) is 8.74. The Morgan fingerprint density at radius 2 is 1.76 bits per heavy atom. The predicted molar refractivity (Wildman–Crippen MR) is 163 cm³/mol. The number of benzene rings is 3. The molecule has 0 spiro atoms. The molecular weight excluding hydrogens is 515 g/mol. The maximum Gasteiger partial charge on any atom is 0.303 e. The number of rotatable bonds is 10. The van der Waals surface area contributed by atoms with Crippen molar-refractivity contribution in [3.63, 3.8) is 0 Å². The second-order valence-corrected chi connectivity index (χ2v) is 12.0. The van der Waals surface area contributed by atoms with Crippen molar-refractivity contribution in [2.45, 2.75) is 91.1 Å². The predicted octanol–water partition coefficient (Wildman–Crippen LogP) is 9.76. The van der Waals surface area contributed by atoms with Crippen LogP contribution in [-0.2, 0) is 11.4 Å². The van der Waals surface area contributed by atoms with Crippen molar-refractivity contribution in [3.8, 4) is 22.6 Å². The molecule has 2 aliphatic carbocycles. The lowest BCUT2D eigenvalue weighted by Crippen LogP contribution is -2.26. The number of carboxylic acid groups (broad SMARTS) is 1. The largest absolute Gasteiger partial charge is 0.497 e. The van der Waals surface area contributed by atoms with Crippen LogP contribution >= 0.6 is 0 Å². The summed E-state index contributed by atoms with van der Waals surface area (Å²) in [6.45, 7) is 9.03. The first-order valence-electron chi connectivity index (χ1n) is 15.2. The molecule has 0 heterocycles. The van der Waals surface area contributed by atoms with Crippen LogP contribution in [0.4, 0.5) is 4.39 Å². The van der Waals surface area contributed by atoms with Gasteiger partial charge in [-0.25, -0.2) is 4.39 Å². The van der Waals surface area contributed by atoms with Crippen molar-refractivity contribution in [2.75, 3.05) is 7.11 Å². The van der Waals surface area contributed by atoms with E-state index >= 15 is 4.39 Å². The average molecular weight is 561 g/mol. The van der Waals surface area contributed by atoms with Gasteiger partial charge in [0.25, 0.3) is 0 Å². The molecule has 4 nitrogen and oxygen atoms in total. The molecule has 0 aromatic heterocycles. The molecule has 0 saturated heterocycles. The van der Waals surface area contributed by atoms with E-state index in [9.17, 15) is 9.90 Å². The van der Waals surface area contributed by atoms with E-state index in [-0.39, 0.29) is 23.6 Å². The molecule has 5 rings (SSSR count). The number of methoxy groups -OCH3 is 1. The summed E-state index contributed by atoms with van der Waals surface area (Å²) < 4.78 is 26.8. The molecule has 1 unspecified atom stereocenters. The van der Waals surface area contributed by atoms with Crippen LogP contribution < -0.4 is 9.47 Å². The Balaban J connectivity index is 0.00000189. The van der Waals surface area contributed by atoms with Crippen LogP contribution in [0.15, 0.2) is 60.7 Å². The zero-order valence-electron chi connectivity index (χ0n) is 25.2. The molecule has 2 fully saturated rings. The summed E-state index contributed by atoms with van der Waals surface area (Å²) in [5, 5.41) is 9.40. The number of hydrogen-bond acceptors (Lipinski definition) is 3. The van der Waals surface area contributed by atoms with Crippen LogP contribution in [0.5, 0.6) is 11.5 Å². The number of carboxylic acids is 1. The smallest absolute Gasteiger partial charge is 0.303 e. The van der Waals surface area contributed by atoms with E-state index in [4.69, 9.17) is 9.47 Å². The maximum absolute atomic E-state index is 15.1. The molecule has 41 heavy (non-hydrogen) atoms. The fraction of sp³-hybridized carbons (Fsp3) is 0.472. The molecule has 220 valence electrons. The molecule has 3 aromatic carbocycles. The highest BCUT2D eigenvalue weighted by Gasteiger charge is 2.35. The first-order chi connectivity index (χ1) is 19.7. The van der Waals surface area contributed by atoms with Gasteiger partial charge < -0.3 is 14.6 Å². The van der Waals surface area contributed by atoms with E-state index in [1.165, 1.54) is 18.9 Å². The molecule has 2 saturated carbocycles. The number of ether oxygens (including phenoxy) is 2. The van der Waals surface area contributed by atoms with Gasteiger partial charge in [0.05, 0.1) is 13.5 Å². The summed E-state index contributed by atoms with van der Waals surface area (Å²) >= 11 is 0. The molecule has 0 bridgehead atoms. The lowest BCUT2D eigenvalue weighted by Gasteiger charge is -2.40. The van der Waals surface area contributed by atoms with Gasteiger partial charge in [-0.1, -0.05) is 70.9 Å².